The lowest BCUT2D eigenvalue weighted by Gasteiger charge is -2.35. The van der Waals surface area contributed by atoms with Gasteiger partial charge in [-0.2, -0.15) is 0 Å². The second kappa shape index (κ2) is 9.03. The molecule has 0 bridgehead atoms. The summed E-state index contributed by atoms with van der Waals surface area (Å²) >= 11 is 0. The van der Waals surface area contributed by atoms with Crippen LogP contribution in [0.3, 0.4) is 0 Å². The van der Waals surface area contributed by atoms with Gasteiger partial charge in [-0.1, -0.05) is 0 Å². The highest BCUT2D eigenvalue weighted by atomic mass is 16.5. The molecule has 1 aromatic heterocycles. The fraction of sp³-hybridized carbons (Fsp3) is 0.632. The van der Waals surface area contributed by atoms with Crippen LogP contribution in [0.5, 0.6) is 0 Å². The molecule has 1 atom stereocenters. The molecular weight excluding hydrogens is 350 g/mol. The first kappa shape index (κ1) is 19.4. The van der Waals surface area contributed by atoms with E-state index in [2.05, 4.69) is 10.6 Å². The number of hydrogen-bond donors (Lipinski definition) is 2. The largest absolute Gasteiger partial charge is 0.459 e. The second-order valence-corrected chi connectivity index (χ2v) is 7.15. The van der Waals surface area contributed by atoms with Crippen molar-refractivity contribution in [3.63, 3.8) is 0 Å². The van der Waals surface area contributed by atoms with Gasteiger partial charge in [-0.25, -0.2) is 0 Å². The molecule has 8 nitrogen and oxygen atoms in total. The fourth-order valence-corrected chi connectivity index (χ4v) is 3.39. The number of piperidine rings is 1. The zero-order chi connectivity index (χ0) is 19.2. The first-order valence-electron chi connectivity index (χ1n) is 9.50. The maximum absolute atomic E-state index is 12.6. The molecule has 1 saturated carbocycles. The van der Waals surface area contributed by atoms with Gasteiger partial charge in [0.2, 0.25) is 11.8 Å². The summed E-state index contributed by atoms with van der Waals surface area (Å²) in [5, 5.41) is 5.76. The number of nitrogens with zero attached hydrogens (tertiary/aromatic N) is 1. The van der Waals surface area contributed by atoms with Gasteiger partial charge in [-0.15, -0.1) is 0 Å². The molecule has 8 heteroatoms. The van der Waals surface area contributed by atoms with E-state index >= 15 is 0 Å². The standard InChI is InChI=1S/C19H27N3O5/c1-26-12-8-20-18(24)16(21-17(23)14-4-5-14)13-6-9-22(10-7-13)19(25)15-3-2-11-27-15/h2-3,11,13-14,16H,4-10,12H2,1H3,(H,20,24)(H,21,23)/t16-/m0/s1. The van der Waals surface area contributed by atoms with Gasteiger partial charge in [-0.05, 0) is 43.7 Å². The van der Waals surface area contributed by atoms with E-state index < -0.39 is 6.04 Å². The van der Waals surface area contributed by atoms with Crippen molar-refractivity contribution in [3.05, 3.63) is 24.2 Å². The Bertz CT molecular complexity index is 648. The van der Waals surface area contributed by atoms with Gasteiger partial charge in [0.15, 0.2) is 5.76 Å². The minimum atomic E-state index is -0.573. The van der Waals surface area contributed by atoms with Crippen molar-refractivity contribution in [2.75, 3.05) is 33.4 Å². The molecule has 2 N–H and O–H groups in total. The van der Waals surface area contributed by atoms with E-state index in [1.807, 2.05) is 0 Å². The molecule has 0 spiro atoms. The number of furan rings is 1. The zero-order valence-electron chi connectivity index (χ0n) is 15.6. The van der Waals surface area contributed by atoms with E-state index in [0.29, 0.717) is 44.8 Å². The number of ether oxygens (including phenoxy) is 1. The Labute approximate surface area is 158 Å². The van der Waals surface area contributed by atoms with Crippen molar-refractivity contribution in [3.8, 4) is 0 Å². The number of amides is 3. The summed E-state index contributed by atoms with van der Waals surface area (Å²) < 4.78 is 10.1. The van der Waals surface area contributed by atoms with Crippen LogP contribution in [-0.2, 0) is 14.3 Å². The first-order valence-corrected chi connectivity index (χ1v) is 9.50. The molecule has 0 aromatic carbocycles. The van der Waals surface area contributed by atoms with Crippen LogP contribution in [-0.4, -0.2) is 62.0 Å². The Hall–Kier alpha value is -2.35. The smallest absolute Gasteiger partial charge is 0.289 e. The van der Waals surface area contributed by atoms with Gasteiger partial charge >= 0.3 is 0 Å². The van der Waals surface area contributed by atoms with Crippen molar-refractivity contribution in [1.29, 1.82) is 0 Å². The normalized spacial score (nSPS) is 18.8. The number of carbonyl (C=O) groups is 3. The zero-order valence-corrected chi connectivity index (χ0v) is 15.6. The van der Waals surface area contributed by atoms with Crippen molar-refractivity contribution in [2.24, 2.45) is 11.8 Å². The first-order chi connectivity index (χ1) is 13.1. The summed E-state index contributed by atoms with van der Waals surface area (Å²) in [5.74, 6) is -0.00505. The number of carbonyl (C=O) groups excluding carboxylic acids is 3. The lowest BCUT2D eigenvalue weighted by atomic mass is 9.88. The third kappa shape index (κ3) is 5.09. The minimum Gasteiger partial charge on any atom is -0.459 e. The second-order valence-electron chi connectivity index (χ2n) is 7.15. The van der Waals surface area contributed by atoms with Gasteiger partial charge in [0.1, 0.15) is 6.04 Å². The molecule has 1 aromatic rings. The number of rotatable bonds is 8. The van der Waals surface area contributed by atoms with Gasteiger partial charge in [0.25, 0.3) is 5.91 Å². The molecule has 27 heavy (non-hydrogen) atoms. The Balaban J connectivity index is 1.58. The quantitative estimate of drug-likeness (QED) is 0.653. The molecule has 1 aliphatic heterocycles. The average Bonchev–Trinajstić information content (AvgIpc) is 3.40. The van der Waals surface area contributed by atoms with Crippen LogP contribution in [0.25, 0.3) is 0 Å². The minimum absolute atomic E-state index is 0.00380. The van der Waals surface area contributed by atoms with E-state index in [1.165, 1.54) is 6.26 Å². The Morgan fingerprint density at radius 3 is 2.59 bits per heavy atom. The van der Waals surface area contributed by atoms with Gasteiger partial charge in [0.05, 0.1) is 12.9 Å². The lowest BCUT2D eigenvalue weighted by Crippen LogP contribution is -2.54. The van der Waals surface area contributed by atoms with Crippen LogP contribution >= 0.6 is 0 Å². The van der Waals surface area contributed by atoms with Crippen LogP contribution in [0.2, 0.25) is 0 Å². The Morgan fingerprint density at radius 2 is 2.00 bits per heavy atom. The van der Waals surface area contributed by atoms with Gasteiger partial charge in [0, 0.05) is 32.7 Å². The summed E-state index contributed by atoms with van der Waals surface area (Å²) in [6.45, 7) is 1.89. The monoisotopic (exact) mass is 377 g/mol. The van der Waals surface area contributed by atoms with E-state index in [1.54, 1.807) is 24.1 Å². The maximum atomic E-state index is 12.6. The summed E-state index contributed by atoms with van der Waals surface area (Å²) in [5.41, 5.74) is 0. The number of likely N-dealkylation sites (tertiary alicyclic amines) is 1. The number of hydrogen-bond acceptors (Lipinski definition) is 5. The summed E-state index contributed by atoms with van der Waals surface area (Å²) in [6.07, 6.45) is 4.56. The van der Waals surface area contributed by atoms with Crippen LogP contribution in [0.4, 0.5) is 0 Å². The maximum Gasteiger partial charge on any atom is 0.289 e. The average molecular weight is 377 g/mol. The third-order valence-electron chi connectivity index (χ3n) is 5.16. The highest BCUT2D eigenvalue weighted by molar-refractivity contribution is 5.92. The lowest BCUT2D eigenvalue weighted by molar-refractivity contribution is -0.131. The molecule has 2 fully saturated rings. The summed E-state index contributed by atoms with van der Waals surface area (Å²) in [4.78, 5) is 39.0. The molecule has 1 aliphatic carbocycles. The van der Waals surface area contributed by atoms with Crippen molar-refractivity contribution >= 4 is 17.7 Å². The topological polar surface area (TPSA) is 101 Å². The molecular formula is C19H27N3O5. The Morgan fingerprint density at radius 1 is 1.26 bits per heavy atom. The number of methoxy groups -OCH3 is 1. The number of nitrogens with one attached hydrogen (secondary N) is 2. The van der Waals surface area contributed by atoms with E-state index in [4.69, 9.17) is 9.15 Å². The molecule has 0 radical (unpaired) electrons. The van der Waals surface area contributed by atoms with Gasteiger partial charge in [-0.3, -0.25) is 14.4 Å². The van der Waals surface area contributed by atoms with E-state index in [0.717, 1.165) is 12.8 Å². The van der Waals surface area contributed by atoms with E-state index in [-0.39, 0.29) is 29.6 Å². The summed E-state index contributed by atoms with van der Waals surface area (Å²) in [7, 11) is 1.57. The predicted molar refractivity (Wildman–Crippen MR) is 96.9 cm³/mol. The third-order valence-corrected chi connectivity index (χ3v) is 5.16. The summed E-state index contributed by atoms with van der Waals surface area (Å²) in [6, 6.07) is 2.76. The molecule has 2 aliphatic rings. The molecule has 2 heterocycles. The van der Waals surface area contributed by atoms with Crippen molar-refractivity contribution < 1.29 is 23.5 Å². The molecule has 3 rings (SSSR count). The highest BCUT2D eigenvalue weighted by Crippen LogP contribution is 2.30. The van der Waals surface area contributed by atoms with Crippen LogP contribution in [0, 0.1) is 11.8 Å². The fourth-order valence-electron chi connectivity index (χ4n) is 3.39. The van der Waals surface area contributed by atoms with Crippen LogP contribution < -0.4 is 10.6 Å². The Kier molecular flexibility index (Phi) is 6.49. The van der Waals surface area contributed by atoms with Gasteiger partial charge < -0.3 is 24.7 Å². The van der Waals surface area contributed by atoms with Crippen LogP contribution in [0.15, 0.2) is 22.8 Å². The molecule has 1 saturated heterocycles. The van der Waals surface area contributed by atoms with Crippen LogP contribution in [0.1, 0.15) is 36.2 Å². The predicted octanol–water partition coefficient (Wildman–Crippen LogP) is 0.789. The van der Waals surface area contributed by atoms with E-state index in [9.17, 15) is 14.4 Å². The van der Waals surface area contributed by atoms with Crippen molar-refractivity contribution in [1.82, 2.24) is 15.5 Å². The molecule has 3 amide bonds. The van der Waals surface area contributed by atoms with Crippen molar-refractivity contribution in [2.45, 2.75) is 31.7 Å². The highest BCUT2D eigenvalue weighted by Gasteiger charge is 2.37. The molecule has 0 unspecified atom stereocenters. The molecule has 148 valence electrons. The SMILES string of the molecule is COCCNC(=O)[C@@H](NC(=O)C1CC1)C1CCN(C(=O)c2ccco2)CC1.